The minimum absolute atomic E-state index is 0.171. The van der Waals surface area contributed by atoms with Crippen molar-refractivity contribution in [2.75, 3.05) is 20.2 Å². The van der Waals surface area contributed by atoms with E-state index in [9.17, 15) is 17.6 Å². The van der Waals surface area contributed by atoms with Crippen molar-refractivity contribution in [2.24, 2.45) is 0 Å². The number of nitrogens with zero attached hydrogens (tertiary/aromatic N) is 1. The van der Waals surface area contributed by atoms with Crippen LogP contribution in [0, 0.1) is 5.82 Å². The molecule has 0 spiro atoms. The molecule has 8 heteroatoms. The highest BCUT2D eigenvalue weighted by Gasteiger charge is 2.35. The van der Waals surface area contributed by atoms with Crippen LogP contribution in [0.2, 0.25) is 0 Å². The highest BCUT2D eigenvalue weighted by Crippen LogP contribution is 2.27. The molecule has 1 fully saturated rings. The molecule has 144 valence electrons. The second kappa shape index (κ2) is 8.06. The fraction of sp³-hybridized carbons (Fsp3) is 0.316. The van der Waals surface area contributed by atoms with Gasteiger partial charge in [-0.05, 0) is 55.3 Å². The summed E-state index contributed by atoms with van der Waals surface area (Å²) in [4.78, 5) is 12.4. The molecule has 1 aliphatic heterocycles. The number of hydrogen-bond donors (Lipinski definition) is 1. The number of methoxy groups -OCH3 is 1. The Bertz CT molecular complexity index is 916. The zero-order valence-corrected chi connectivity index (χ0v) is 15.7. The van der Waals surface area contributed by atoms with Crippen molar-refractivity contribution in [3.63, 3.8) is 0 Å². The van der Waals surface area contributed by atoms with E-state index < -0.39 is 21.7 Å². The third-order valence-corrected chi connectivity index (χ3v) is 6.54. The van der Waals surface area contributed by atoms with Gasteiger partial charge in [-0.1, -0.05) is 6.07 Å². The van der Waals surface area contributed by atoms with E-state index in [-0.39, 0.29) is 23.0 Å². The predicted molar refractivity (Wildman–Crippen MR) is 98.6 cm³/mol. The number of ether oxygens (including phenoxy) is 1. The first-order chi connectivity index (χ1) is 12.9. The molecule has 6 nitrogen and oxygen atoms in total. The predicted octanol–water partition coefficient (Wildman–Crippen LogP) is 2.42. The number of carbonyl (C=O) groups is 1. The van der Waals surface area contributed by atoms with Gasteiger partial charge >= 0.3 is 0 Å². The molecule has 1 heterocycles. The monoisotopic (exact) mass is 392 g/mol. The maximum absolute atomic E-state index is 13.3. The maximum Gasteiger partial charge on any atom is 0.251 e. The topological polar surface area (TPSA) is 75.7 Å². The lowest BCUT2D eigenvalue weighted by Gasteiger charge is -2.24. The molecule has 1 aliphatic rings. The molecule has 0 saturated carbocycles. The van der Waals surface area contributed by atoms with E-state index in [1.165, 1.54) is 41.7 Å². The zero-order chi connectivity index (χ0) is 19.4. The van der Waals surface area contributed by atoms with Crippen molar-refractivity contribution < 1.29 is 22.3 Å². The van der Waals surface area contributed by atoms with Crippen LogP contribution in [0.15, 0.2) is 53.4 Å². The van der Waals surface area contributed by atoms with Gasteiger partial charge in [0.05, 0.1) is 12.0 Å². The summed E-state index contributed by atoms with van der Waals surface area (Å²) in [5, 5.41) is 2.71. The van der Waals surface area contributed by atoms with E-state index in [0.717, 1.165) is 12.5 Å². The summed E-state index contributed by atoms with van der Waals surface area (Å²) in [6.07, 6.45) is 1.37. The Balaban J connectivity index is 1.70. The third-order valence-electron chi connectivity index (χ3n) is 4.57. The molecule has 0 radical (unpaired) electrons. The lowest BCUT2D eigenvalue weighted by Crippen LogP contribution is -2.43. The Hall–Kier alpha value is -2.45. The van der Waals surface area contributed by atoms with Crippen LogP contribution in [-0.4, -0.2) is 44.9 Å². The van der Waals surface area contributed by atoms with Crippen LogP contribution in [0.25, 0.3) is 0 Å². The van der Waals surface area contributed by atoms with Gasteiger partial charge < -0.3 is 10.1 Å². The van der Waals surface area contributed by atoms with Crippen molar-refractivity contribution in [1.82, 2.24) is 9.62 Å². The van der Waals surface area contributed by atoms with Gasteiger partial charge in [0.2, 0.25) is 10.0 Å². The summed E-state index contributed by atoms with van der Waals surface area (Å²) in [5.41, 5.74) is 0.206. The maximum atomic E-state index is 13.3. The molecule has 2 aromatic rings. The minimum atomic E-state index is -3.67. The third kappa shape index (κ3) is 4.28. The number of amides is 1. The van der Waals surface area contributed by atoms with Crippen LogP contribution in [0.5, 0.6) is 5.75 Å². The normalized spacial score (nSPS) is 17.6. The van der Waals surface area contributed by atoms with E-state index in [0.29, 0.717) is 18.7 Å². The number of hydrogen-bond acceptors (Lipinski definition) is 4. The summed E-state index contributed by atoms with van der Waals surface area (Å²) < 4.78 is 45.6. The lowest BCUT2D eigenvalue weighted by molar-refractivity contribution is 0.0946. The molecule has 27 heavy (non-hydrogen) atoms. The highest BCUT2D eigenvalue weighted by molar-refractivity contribution is 7.89. The van der Waals surface area contributed by atoms with Gasteiger partial charge in [0.1, 0.15) is 11.6 Å². The van der Waals surface area contributed by atoms with Gasteiger partial charge in [-0.25, -0.2) is 12.8 Å². The Morgan fingerprint density at radius 3 is 2.67 bits per heavy atom. The molecule has 1 N–H and O–H groups in total. The molecule has 2 aromatic carbocycles. The van der Waals surface area contributed by atoms with Gasteiger partial charge in [-0.3, -0.25) is 4.79 Å². The van der Waals surface area contributed by atoms with Gasteiger partial charge in [0.15, 0.2) is 0 Å². The number of carbonyl (C=O) groups excluding carboxylic acids is 1. The average molecular weight is 392 g/mol. The van der Waals surface area contributed by atoms with Crippen LogP contribution in [0.4, 0.5) is 4.39 Å². The second-order valence-corrected chi connectivity index (χ2v) is 8.20. The standard InChI is InChI=1S/C19H21FN2O4S/c1-26-17-7-9-18(10-8-17)27(24,25)22-11-3-6-16(22)13-21-19(23)14-4-2-5-15(20)12-14/h2,4-5,7-10,12,16H,3,6,11,13H2,1H3,(H,21,23)/t16-/m1/s1. The first kappa shape index (κ1) is 19.3. The van der Waals surface area contributed by atoms with E-state index >= 15 is 0 Å². The smallest absolute Gasteiger partial charge is 0.251 e. The number of sulfonamides is 1. The highest BCUT2D eigenvalue weighted by atomic mass is 32.2. The van der Waals surface area contributed by atoms with Crippen molar-refractivity contribution in [1.29, 1.82) is 0 Å². The average Bonchev–Trinajstić information content (AvgIpc) is 3.15. The fourth-order valence-electron chi connectivity index (χ4n) is 3.16. The molecule has 1 saturated heterocycles. The summed E-state index contributed by atoms with van der Waals surface area (Å²) in [5.74, 6) is -0.343. The Labute approximate surface area is 158 Å². The molecule has 0 unspecified atom stereocenters. The van der Waals surface area contributed by atoms with Crippen LogP contribution in [0.3, 0.4) is 0 Å². The molecule has 3 rings (SSSR count). The minimum Gasteiger partial charge on any atom is -0.497 e. The molecular formula is C19H21FN2O4S. The van der Waals surface area contributed by atoms with Gasteiger partial charge in [0, 0.05) is 24.7 Å². The molecule has 0 aromatic heterocycles. The Morgan fingerprint density at radius 2 is 2.00 bits per heavy atom. The van der Waals surface area contributed by atoms with Crippen molar-refractivity contribution in [3.8, 4) is 5.75 Å². The van der Waals surface area contributed by atoms with Crippen LogP contribution < -0.4 is 10.1 Å². The van der Waals surface area contributed by atoms with Gasteiger partial charge in [0.25, 0.3) is 5.91 Å². The van der Waals surface area contributed by atoms with E-state index in [4.69, 9.17) is 4.74 Å². The van der Waals surface area contributed by atoms with E-state index in [1.54, 1.807) is 12.1 Å². The number of benzene rings is 2. The molecular weight excluding hydrogens is 371 g/mol. The second-order valence-electron chi connectivity index (χ2n) is 6.31. The summed E-state index contributed by atoms with van der Waals surface area (Å²) >= 11 is 0. The van der Waals surface area contributed by atoms with E-state index in [1.807, 2.05) is 0 Å². The first-order valence-corrected chi connectivity index (χ1v) is 10.1. The molecule has 1 atom stereocenters. The largest absolute Gasteiger partial charge is 0.497 e. The quantitative estimate of drug-likeness (QED) is 0.819. The van der Waals surface area contributed by atoms with Crippen molar-refractivity contribution in [3.05, 3.63) is 59.9 Å². The van der Waals surface area contributed by atoms with Gasteiger partial charge in [-0.2, -0.15) is 4.31 Å². The summed E-state index contributed by atoms with van der Waals surface area (Å²) in [7, 11) is -2.15. The molecule has 0 aliphatic carbocycles. The zero-order valence-electron chi connectivity index (χ0n) is 14.9. The van der Waals surface area contributed by atoms with E-state index in [2.05, 4.69) is 5.32 Å². The van der Waals surface area contributed by atoms with Crippen LogP contribution in [0.1, 0.15) is 23.2 Å². The molecule has 0 bridgehead atoms. The fourth-order valence-corrected chi connectivity index (χ4v) is 4.85. The van der Waals surface area contributed by atoms with Crippen molar-refractivity contribution in [2.45, 2.75) is 23.8 Å². The number of nitrogens with one attached hydrogen (secondary N) is 1. The Kier molecular flexibility index (Phi) is 5.76. The molecule has 1 amide bonds. The number of rotatable bonds is 6. The SMILES string of the molecule is COc1ccc(S(=O)(=O)N2CCC[C@@H]2CNC(=O)c2cccc(F)c2)cc1. The van der Waals surface area contributed by atoms with Crippen molar-refractivity contribution >= 4 is 15.9 Å². The van der Waals surface area contributed by atoms with Crippen LogP contribution in [-0.2, 0) is 10.0 Å². The first-order valence-electron chi connectivity index (χ1n) is 8.61. The van der Waals surface area contributed by atoms with Gasteiger partial charge in [-0.15, -0.1) is 0 Å². The summed E-state index contributed by atoms with van der Waals surface area (Å²) in [6, 6.07) is 11.3. The lowest BCUT2D eigenvalue weighted by atomic mass is 10.2. The van der Waals surface area contributed by atoms with Crippen LogP contribution >= 0.6 is 0 Å². The summed E-state index contributed by atoms with van der Waals surface area (Å²) in [6.45, 7) is 0.569. The Morgan fingerprint density at radius 1 is 1.26 bits per heavy atom. The number of halogens is 1.